The van der Waals surface area contributed by atoms with Crippen LogP contribution in [-0.2, 0) is 9.53 Å². The summed E-state index contributed by atoms with van der Waals surface area (Å²) in [5, 5.41) is 3.06. The Hall–Kier alpha value is -2.54. The van der Waals surface area contributed by atoms with Gasteiger partial charge in [0, 0.05) is 30.8 Å². The number of likely N-dealkylation sites (tertiary alicyclic amines) is 1. The molecule has 2 amide bonds. The van der Waals surface area contributed by atoms with Crippen LogP contribution in [-0.4, -0.2) is 63.3 Å². The Bertz CT molecular complexity index is 730. The van der Waals surface area contributed by atoms with E-state index in [2.05, 4.69) is 5.32 Å². The third kappa shape index (κ3) is 5.04. The molecule has 0 radical (unpaired) electrons. The molecule has 7 heteroatoms. The van der Waals surface area contributed by atoms with Crippen LogP contribution in [0, 0.1) is 0 Å². The van der Waals surface area contributed by atoms with Gasteiger partial charge in [-0.25, -0.2) is 0 Å². The van der Waals surface area contributed by atoms with Crippen LogP contribution in [0.25, 0.3) is 0 Å². The Balaban J connectivity index is 1.51. The molecule has 0 spiro atoms. The molecule has 28 heavy (non-hydrogen) atoms. The molecule has 0 bridgehead atoms. The number of carbonyl (C=O) groups excluding carboxylic acids is 2. The molecule has 7 nitrogen and oxygen atoms in total. The van der Waals surface area contributed by atoms with Gasteiger partial charge in [-0.15, -0.1) is 0 Å². The first-order chi connectivity index (χ1) is 13.6. The van der Waals surface area contributed by atoms with Crippen molar-refractivity contribution in [2.75, 3.05) is 40.5 Å². The number of nitrogens with one attached hydrogen (secondary N) is 1. The zero-order valence-electron chi connectivity index (χ0n) is 16.5. The zero-order chi connectivity index (χ0) is 19.9. The van der Waals surface area contributed by atoms with E-state index in [0.717, 1.165) is 25.7 Å². The molecule has 2 heterocycles. The number of hydrogen-bond acceptors (Lipinski definition) is 5. The lowest BCUT2D eigenvalue weighted by Gasteiger charge is -2.32. The van der Waals surface area contributed by atoms with E-state index < -0.39 is 0 Å². The predicted molar refractivity (Wildman–Crippen MR) is 105 cm³/mol. The number of nitrogens with zero attached hydrogens (tertiary/aromatic N) is 1. The molecule has 1 aromatic carbocycles. The number of hydrogen-bond donors (Lipinski definition) is 1. The quantitative estimate of drug-likeness (QED) is 0.783. The van der Waals surface area contributed by atoms with E-state index >= 15 is 0 Å². The molecule has 2 saturated heterocycles. The van der Waals surface area contributed by atoms with Gasteiger partial charge in [0.05, 0.1) is 27.4 Å². The SMILES string of the molecule is COc1ccc(C(=O)NC2CCN(C(=O)C=C3CCOCC3)CC2)cc1OC. The van der Waals surface area contributed by atoms with Crippen LogP contribution in [0.4, 0.5) is 0 Å². The second-order valence-electron chi connectivity index (χ2n) is 7.06. The van der Waals surface area contributed by atoms with Crippen molar-refractivity contribution >= 4 is 11.8 Å². The van der Waals surface area contributed by atoms with Crippen LogP contribution in [0.5, 0.6) is 11.5 Å². The van der Waals surface area contributed by atoms with E-state index in [1.165, 1.54) is 5.57 Å². The smallest absolute Gasteiger partial charge is 0.251 e. The van der Waals surface area contributed by atoms with Crippen molar-refractivity contribution < 1.29 is 23.8 Å². The minimum absolute atomic E-state index is 0.0559. The summed E-state index contributed by atoms with van der Waals surface area (Å²) >= 11 is 0. The van der Waals surface area contributed by atoms with Gasteiger partial charge in [-0.2, -0.15) is 0 Å². The molecular formula is C21H28N2O5. The highest BCUT2D eigenvalue weighted by Crippen LogP contribution is 2.27. The normalized spacial score (nSPS) is 17.8. The molecule has 0 aliphatic carbocycles. The average molecular weight is 388 g/mol. The van der Waals surface area contributed by atoms with Crippen molar-refractivity contribution in [2.24, 2.45) is 0 Å². The fourth-order valence-corrected chi connectivity index (χ4v) is 3.53. The van der Waals surface area contributed by atoms with Gasteiger partial charge in [-0.3, -0.25) is 9.59 Å². The van der Waals surface area contributed by atoms with Crippen LogP contribution in [0.1, 0.15) is 36.0 Å². The second-order valence-corrected chi connectivity index (χ2v) is 7.06. The number of rotatable bonds is 5. The van der Waals surface area contributed by atoms with E-state index in [1.807, 2.05) is 4.90 Å². The van der Waals surface area contributed by atoms with E-state index in [1.54, 1.807) is 38.5 Å². The maximum atomic E-state index is 12.5. The van der Waals surface area contributed by atoms with Crippen LogP contribution in [0.15, 0.2) is 29.8 Å². The first kappa shape index (κ1) is 20.2. The first-order valence-electron chi connectivity index (χ1n) is 9.69. The summed E-state index contributed by atoms with van der Waals surface area (Å²) in [5.74, 6) is 1.04. The van der Waals surface area contributed by atoms with Gasteiger partial charge in [0.25, 0.3) is 5.91 Å². The van der Waals surface area contributed by atoms with Crippen molar-refractivity contribution in [1.29, 1.82) is 0 Å². The maximum Gasteiger partial charge on any atom is 0.251 e. The summed E-state index contributed by atoms with van der Waals surface area (Å²) in [7, 11) is 3.10. The molecule has 2 fully saturated rings. The van der Waals surface area contributed by atoms with Gasteiger partial charge in [0.1, 0.15) is 0 Å². The Kier molecular flexibility index (Phi) is 6.92. The Morgan fingerprint density at radius 3 is 2.43 bits per heavy atom. The Morgan fingerprint density at radius 1 is 1.11 bits per heavy atom. The maximum absolute atomic E-state index is 12.5. The van der Waals surface area contributed by atoms with Gasteiger partial charge in [0.15, 0.2) is 11.5 Å². The lowest BCUT2D eigenvalue weighted by atomic mass is 10.0. The van der Waals surface area contributed by atoms with Gasteiger partial charge in [-0.1, -0.05) is 5.57 Å². The summed E-state index contributed by atoms with van der Waals surface area (Å²) in [6.45, 7) is 2.69. The molecule has 2 aliphatic rings. The van der Waals surface area contributed by atoms with Crippen molar-refractivity contribution in [1.82, 2.24) is 10.2 Å². The van der Waals surface area contributed by atoms with Crippen molar-refractivity contribution in [3.63, 3.8) is 0 Å². The lowest BCUT2D eigenvalue weighted by molar-refractivity contribution is -0.127. The molecule has 1 N–H and O–H groups in total. The molecule has 0 atom stereocenters. The molecule has 0 unspecified atom stereocenters. The number of carbonyl (C=O) groups is 2. The fraction of sp³-hybridized carbons (Fsp3) is 0.524. The number of piperidine rings is 1. The highest BCUT2D eigenvalue weighted by molar-refractivity contribution is 5.95. The van der Waals surface area contributed by atoms with E-state index in [9.17, 15) is 9.59 Å². The molecule has 0 saturated carbocycles. The highest BCUT2D eigenvalue weighted by Gasteiger charge is 2.24. The van der Waals surface area contributed by atoms with Gasteiger partial charge >= 0.3 is 0 Å². The van der Waals surface area contributed by atoms with Crippen molar-refractivity contribution in [2.45, 2.75) is 31.7 Å². The summed E-state index contributed by atoms with van der Waals surface area (Å²) in [6, 6.07) is 5.17. The second kappa shape index (κ2) is 9.59. The van der Waals surface area contributed by atoms with Crippen LogP contribution in [0.2, 0.25) is 0 Å². The summed E-state index contributed by atoms with van der Waals surface area (Å²) in [5.41, 5.74) is 1.69. The van der Waals surface area contributed by atoms with E-state index in [0.29, 0.717) is 43.4 Å². The number of methoxy groups -OCH3 is 2. The summed E-state index contributed by atoms with van der Waals surface area (Å²) in [6.07, 6.45) is 4.94. The fourth-order valence-electron chi connectivity index (χ4n) is 3.53. The van der Waals surface area contributed by atoms with Crippen molar-refractivity contribution in [3.8, 4) is 11.5 Å². The average Bonchev–Trinajstić information content (AvgIpc) is 2.74. The highest BCUT2D eigenvalue weighted by atomic mass is 16.5. The number of amides is 2. The molecule has 1 aromatic rings. The minimum Gasteiger partial charge on any atom is -0.493 e. The van der Waals surface area contributed by atoms with Gasteiger partial charge in [0.2, 0.25) is 5.91 Å². The molecule has 3 rings (SSSR count). The van der Waals surface area contributed by atoms with Crippen LogP contribution in [0.3, 0.4) is 0 Å². The molecule has 152 valence electrons. The standard InChI is InChI=1S/C21H28N2O5/c1-26-18-4-3-16(14-19(18)27-2)21(25)22-17-5-9-23(10-6-17)20(24)13-15-7-11-28-12-8-15/h3-4,13-14,17H,5-12H2,1-2H3,(H,22,25). The van der Waals surface area contributed by atoms with E-state index in [-0.39, 0.29) is 17.9 Å². The monoisotopic (exact) mass is 388 g/mol. The van der Waals surface area contributed by atoms with Crippen LogP contribution >= 0.6 is 0 Å². The minimum atomic E-state index is -0.143. The predicted octanol–water partition coefficient (Wildman–Crippen LogP) is 2.16. The largest absolute Gasteiger partial charge is 0.493 e. The third-order valence-electron chi connectivity index (χ3n) is 5.25. The first-order valence-corrected chi connectivity index (χ1v) is 9.69. The van der Waals surface area contributed by atoms with Crippen LogP contribution < -0.4 is 14.8 Å². The van der Waals surface area contributed by atoms with Gasteiger partial charge < -0.3 is 24.4 Å². The topological polar surface area (TPSA) is 77.1 Å². The molecule has 0 aromatic heterocycles. The van der Waals surface area contributed by atoms with Crippen molar-refractivity contribution in [3.05, 3.63) is 35.4 Å². The summed E-state index contributed by atoms with van der Waals surface area (Å²) in [4.78, 5) is 26.9. The van der Waals surface area contributed by atoms with E-state index in [4.69, 9.17) is 14.2 Å². The number of benzene rings is 1. The van der Waals surface area contributed by atoms with Gasteiger partial charge in [-0.05, 0) is 43.9 Å². The molecule has 2 aliphatic heterocycles. The lowest BCUT2D eigenvalue weighted by Crippen LogP contribution is -2.46. The third-order valence-corrected chi connectivity index (χ3v) is 5.25. The summed E-state index contributed by atoms with van der Waals surface area (Å²) < 4.78 is 15.8. The Labute approximate surface area is 165 Å². The Morgan fingerprint density at radius 2 is 1.79 bits per heavy atom. The molecular weight excluding hydrogens is 360 g/mol. The number of ether oxygens (including phenoxy) is 3. The zero-order valence-corrected chi connectivity index (χ0v) is 16.5.